The van der Waals surface area contributed by atoms with Crippen LogP contribution < -0.4 is 0 Å². The summed E-state index contributed by atoms with van der Waals surface area (Å²) in [6.45, 7) is 4.42. The van der Waals surface area contributed by atoms with E-state index in [9.17, 15) is 0 Å². The Labute approximate surface area is 67.1 Å². The van der Waals surface area contributed by atoms with Crippen LogP contribution in [0.5, 0.6) is 0 Å². The number of rotatable bonds is 0. The number of allylic oxidation sites excluding steroid dienone is 1. The van der Waals surface area contributed by atoms with Gasteiger partial charge in [-0.25, -0.2) is 0 Å². The van der Waals surface area contributed by atoms with Gasteiger partial charge in [-0.2, -0.15) is 0 Å². The van der Waals surface area contributed by atoms with Crippen molar-refractivity contribution >= 4 is 6.08 Å². The Kier molecular flexibility index (Phi) is 1.38. The van der Waals surface area contributed by atoms with E-state index < -0.39 is 0 Å². The number of aromatic amines is 1. The van der Waals surface area contributed by atoms with Gasteiger partial charge in [-0.1, -0.05) is 13.0 Å². The van der Waals surface area contributed by atoms with Gasteiger partial charge in [0.05, 0.1) is 0 Å². The van der Waals surface area contributed by atoms with Crippen LogP contribution in [0.2, 0.25) is 0 Å². The molecule has 1 unspecified atom stereocenters. The first-order valence-electron chi connectivity index (χ1n) is 4.12. The summed E-state index contributed by atoms with van der Waals surface area (Å²) in [5, 5.41) is 0. The fourth-order valence-electron chi connectivity index (χ4n) is 1.64. The Hall–Kier alpha value is -0.980. The molecule has 0 fully saturated rings. The molecule has 0 saturated heterocycles. The minimum Gasteiger partial charge on any atom is -0.361 e. The second-order valence-electron chi connectivity index (χ2n) is 3.40. The molecule has 0 radical (unpaired) electrons. The van der Waals surface area contributed by atoms with Gasteiger partial charge in [-0.3, -0.25) is 0 Å². The fourth-order valence-corrected chi connectivity index (χ4v) is 1.64. The zero-order valence-corrected chi connectivity index (χ0v) is 7.02. The van der Waals surface area contributed by atoms with Gasteiger partial charge in [0.1, 0.15) is 0 Å². The predicted octanol–water partition coefficient (Wildman–Crippen LogP) is 2.53. The molecule has 1 aliphatic rings. The Balaban J connectivity index is 2.48. The van der Waals surface area contributed by atoms with Crippen molar-refractivity contribution in [2.75, 3.05) is 0 Å². The first-order chi connectivity index (χ1) is 5.27. The summed E-state index contributed by atoms with van der Waals surface area (Å²) in [5.74, 6) is 0.706. The van der Waals surface area contributed by atoms with E-state index in [4.69, 9.17) is 0 Å². The minimum absolute atomic E-state index is 0.706. The van der Waals surface area contributed by atoms with Crippen molar-refractivity contribution in [2.45, 2.75) is 20.3 Å². The van der Waals surface area contributed by atoms with Gasteiger partial charge in [0.25, 0.3) is 0 Å². The summed E-state index contributed by atoms with van der Waals surface area (Å²) in [6, 6.07) is 0. The highest BCUT2D eigenvalue weighted by Gasteiger charge is 2.12. The number of aromatic nitrogens is 1. The molecule has 0 spiro atoms. The lowest BCUT2D eigenvalue weighted by Crippen LogP contribution is -2.02. The van der Waals surface area contributed by atoms with Gasteiger partial charge < -0.3 is 4.98 Å². The number of aryl methyl sites for hydroxylation is 1. The molecule has 0 aromatic carbocycles. The highest BCUT2D eigenvalue weighted by molar-refractivity contribution is 5.55. The Morgan fingerprint density at radius 1 is 1.55 bits per heavy atom. The van der Waals surface area contributed by atoms with Crippen molar-refractivity contribution in [2.24, 2.45) is 5.92 Å². The molecule has 1 heterocycles. The van der Waals surface area contributed by atoms with Crippen molar-refractivity contribution in [1.82, 2.24) is 4.98 Å². The van der Waals surface area contributed by atoms with Crippen LogP contribution in [-0.4, -0.2) is 4.98 Å². The van der Waals surface area contributed by atoms with Gasteiger partial charge in [-0.05, 0) is 36.5 Å². The van der Waals surface area contributed by atoms with Crippen LogP contribution >= 0.6 is 0 Å². The quantitative estimate of drug-likeness (QED) is 0.580. The standard InChI is InChI=1S/C10H13N/c1-7-3-4-10-9(5-7)8(2)6-11-10/h3-4,6-7,11H,5H2,1-2H3. The molecule has 0 amide bonds. The zero-order chi connectivity index (χ0) is 7.84. The lowest BCUT2D eigenvalue weighted by molar-refractivity contribution is 0.714. The van der Waals surface area contributed by atoms with Crippen LogP contribution in [0, 0.1) is 12.8 Å². The largest absolute Gasteiger partial charge is 0.361 e. The van der Waals surface area contributed by atoms with Crippen molar-refractivity contribution in [3.8, 4) is 0 Å². The molecule has 1 aliphatic carbocycles. The van der Waals surface area contributed by atoms with E-state index in [2.05, 4.69) is 37.2 Å². The van der Waals surface area contributed by atoms with E-state index in [0.717, 1.165) is 0 Å². The first-order valence-corrected chi connectivity index (χ1v) is 4.12. The Morgan fingerprint density at radius 2 is 2.36 bits per heavy atom. The van der Waals surface area contributed by atoms with E-state index >= 15 is 0 Å². The lowest BCUT2D eigenvalue weighted by Gasteiger charge is -2.12. The smallest absolute Gasteiger partial charge is 0.0412 e. The third-order valence-electron chi connectivity index (χ3n) is 2.36. The van der Waals surface area contributed by atoms with Gasteiger partial charge in [-0.15, -0.1) is 0 Å². The third kappa shape index (κ3) is 1.01. The van der Waals surface area contributed by atoms with Crippen LogP contribution in [0.4, 0.5) is 0 Å². The molecule has 0 bridgehead atoms. The SMILES string of the molecule is Cc1c[nH]c2c1CC(C)C=C2. The van der Waals surface area contributed by atoms with E-state index in [1.807, 2.05) is 0 Å². The summed E-state index contributed by atoms with van der Waals surface area (Å²) >= 11 is 0. The predicted molar refractivity (Wildman–Crippen MR) is 47.4 cm³/mol. The summed E-state index contributed by atoms with van der Waals surface area (Å²) in [4.78, 5) is 3.26. The maximum atomic E-state index is 3.26. The van der Waals surface area contributed by atoms with Crippen LogP contribution in [0.15, 0.2) is 12.3 Å². The Morgan fingerprint density at radius 3 is 3.18 bits per heavy atom. The summed E-state index contributed by atoms with van der Waals surface area (Å²) in [6.07, 6.45) is 7.74. The van der Waals surface area contributed by atoms with E-state index in [1.165, 1.54) is 23.2 Å². The first kappa shape index (κ1) is 6.71. The molecule has 1 atom stereocenters. The molecule has 0 saturated carbocycles. The number of hydrogen-bond donors (Lipinski definition) is 1. The van der Waals surface area contributed by atoms with Crippen LogP contribution in [0.25, 0.3) is 6.08 Å². The van der Waals surface area contributed by atoms with Crippen molar-refractivity contribution in [3.05, 3.63) is 29.1 Å². The average molecular weight is 147 g/mol. The molecule has 1 N–H and O–H groups in total. The molecular weight excluding hydrogens is 134 g/mol. The fraction of sp³-hybridized carbons (Fsp3) is 0.400. The second kappa shape index (κ2) is 2.26. The minimum atomic E-state index is 0.706. The second-order valence-corrected chi connectivity index (χ2v) is 3.40. The van der Waals surface area contributed by atoms with Gasteiger partial charge in [0, 0.05) is 11.9 Å². The molecule has 1 aromatic rings. The van der Waals surface area contributed by atoms with Gasteiger partial charge in [0.15, 0.2) is 0 Å². The molecule has 11 heavy (non-hydrogen) atoms. The number of fused-ring (bicyclic) bond motifs is 1. The highest BCUT2D eigenvalue weighted by atomic mass is 14.7. The van der Waals surface area contributed by atoms with E-state index in [0.29, 0.717) is 5.92 Å². The molecule has 1 aromatic heterocycles. The summed E-state index contributed by atoms with van der Waals surface area (Å²) in [7, 11) is 0. The van der Waals surface area contributed by atoms with Crippen molar-refractivity contribution in [3.63, 3.8) is 0 Å². The maximum Gasteiger partial charge on any atom is 0.0412 e. The average Bonchev–Trinajstić information content (AvgIpc) is 2.33. The van der Waals surface area contributed by atoms with E-state index in [-0.39, 0.29) is 0 Å². The van der Waals surface area contributed by atoms with Crippen molar-refractivity contribution in [1.29, 1.82) is 0 Å². The van der Waals surface area contributed by atoms with Gasteiger partial charge in [0.2, 0.25) is 0 Å². The molecule has 2 rings (SSSR count). The number of nitrogens with one attached hydrogen (secondary N) is 1. The van der Waals surface area contributed by atoms with Crippen LogP contribution in [0.3, 0.4) is 0 Å². The number of H-pyrrole nitrogens is 1. The molecule has 58 valence electrons. The maximum absolute atomic E-state index is 3.26. The lowest BCUT2D eigenvalue weighted by atomic mass is 9.93. The molecule has 0 aliphatic heterocycles. The van der Waals surface area contributed by atoms with Crippen LogP contribution in [0.1, 0.15) is 23.7 Å². The number of hydrogen-bond acceptors (Lipinski definition) is 0. The van der Waals surface area contributed by atoms with Crippen molar-refractivity contribution < 1.29 is 0 Å². The molecule has 1 heteroatoms. The monoisotopic (exact) mass is 147 g/mol. The van der Waals surface area contributed by atoms with Crippen LogP contribution in [-0.2, 0) is 6.42 Å². The zero-order valence-electron chi connectivity index (χ0n) is 7.02. The topological polar surface area (TPSA) is 15.8 Å². The summed E-state index contributed by atoms with van der Waals surface area (Å²) < 4.78 is 0. The molecular formula is C10H13N. The normalized spacial score (nSPS) is 21.8. The molecule has 1 nitrogen and oxygen atoms in total. The van der Waals surface area contributed by atoms with Gasteiger partial charge >= 0.3 is 0 Å². The summed E-state index contributed by atoms with van der Waals surface area (Å²) in [5.41, 5.74) is 4.21. The highest BCUT2D eigenvalue weighted by Crippen LogP contribution is 2.24. The van der Waals surface area contributed by atoms with E-state index in [1.54, 1.807) is 0 Å². The third-order valence-corrected chi connectivity index (χ3v) is 2.36. The Bertz CT molecular complexity index is 294.